The third kappa shape index (κ3) is 5.01. The van der Waals surface area contributed by atoms with Crippen LogP contribution in [0.25, 0.3) is 0 Å². The molecule has 3 amide bonds. The van der Waals surface area contributed by atoms with Gasteiger partial charge in [-0.2, -0.15) is 5.10 Å². The molecule has 0 unspecified atom stereocenters. The van der Waals surface area contributed by atoms with Gasteiger partial charge in [0.25, 0.3) is 11.8 Å². The summed E-state index contributed by atoms with van der Waals surface area (Å²) in [5, 5.41) is 4.27. The second-order valence-electron chi connectivity index (χ2n) is 7.34. The SMILES string of the molecule is Cc1c(C(=O)NNC(=O)c2ccc(Br)cc2)oc2c1/C(=N/NC(=O)c1ccccn1)CCC2. The van der Waals surface area contributed by atoms with E-state index in [2.05, 4.69) is 42.3 Å². The van der Waals surface area contributed by atoms with Crippen LogP contribution < -0.4 is 16.3 Å². The monoisotopic (exact) mass is 509 g/mol. The van der Waals surface area contributed by atoms with Crippen LogP contribution >= 0.6 is 15.9 Å². The summed E-state index contributed by atoms with van der Waals surface area (Å²) in [6, 6.07) is 11.8. The zero-order valence-electron chi connectivity index (χ0n) is 17.6. The van der Waals surface area contributed by atoms with Crippen molar-refractivity contribution in [2.45, 2.75) is 26.2 Å². The van der Waals surface area contributed by atoms with Crippen LogP contribution in [0.5, 0.6) is 0 Å². The number of hydrazone groups is 1. The Kier molecular flexibility index (Phi) is 6.64. The Balaban J connectivity index is 1.47. The van der Waals surface area contributed by atoms with Gasteiger partial charge in [0.15, 0.2) is 5.76 Å². The molecule has 3 N–H and O–H groups in total. The number of furan rings is 1. The first-order valence-electron chi connectivity index (χ1n) is 10.2. The van der Waals surface area contributed by atoms with Crippen LogP contribution in [0.2, 0.25) is 0 Å². The molecule has 0 radical (unpaired) electrons. The predicted molar refractivity (Wildman–Crippen MR) is 124 cm³/mol. The van der Waals surface area contributed by atoms with Crippen molar-refractivity contribution in [2.24, 2.45) is 5.10 Å². The molecule has 3 aromatic rings. The summed E-state index contributed by atoms with van der Waals surface area (Å²) in [6.45, 7) is 1.75. The zero-order chi connectivity index (χ0) is 23.4. The van der Waals surface area contributed by atoms with Crippen molar-refractivity contribution in [3.05, 3.63) is 87.0 Å². The molecule has 33 heavy (non-hydrogen) atoms. The van der Waals surface area contributed by atoms with E-state index in [0.29, 0.717) is 41.0 Å². The summed E-state index contributed by atoms with van der Waals surface area (Å²) in [7, 11) is 0. The lowest BCUT2D eigenvalue weighted by atomic mass is 9.93. The highest BCUT2D eigenvalue weighted by atomic mass is 79.9. The Morgan fingerprint density at radius 3 is 2.48 bits per heavy atom. The molecule has 0 aliphatic heterocycles. The number of halogens is 1. The van der Waals surface area contributed by atoms with E-state index in [1.165, 1.54) is 6.20 Å². The highest BCUT2D eigenvalue weighted by Gasteiger charge is 2.28. The number of benzene rings is 1. The fourth-order valence-electron chi connectivity index (χ4n) is 3.51. The maximum absolute atomic E-state index is 12.7. The minimum absolute atomic E-state index is 0.0850. The topological polar surface area (TPSA) is 126 Å². The summed E-state index contributed by atoms with van der Waals surface area (Å²) < 4.78 is 6.64. The second-order valence-corrected chi connectivity index (χ2v) is 8.25. The number of aryl methyl sites for hydroxylation is 1. The van der Waals surface area contributed by atoms with Gasteiger partial charge < -0.3 is 4.42 Å². The number of carbonyl (C=O) groups is 3. The van der Waals surface area contributed by atoms with Crippen molar-refractivity contribution in [1.29, 1.82) is 0 Å². The molecule has 9 nitrogen and oxygen atoms in total. The lowest BCUT2D eigenvalue weighted by Crippen LogP contribution is -2.41. The van der Waals surface area contributed by atoms with E-state index in [-0.39, 0.29) is 11.5 Å². The van der Waals surface area contributed by atoms with Gasteiger partial charge in [0.1, 0.15) is 11.5 Å². The van der Waals surface area contributed by atoms with E-state index in [1.807, 2.05) is 0 Å². The minimum Gasteiger partial charge on any atom is -0.455 e. The van der Waals surface area contributed by atoms with Crippen molar-refractivity contribution in [3.8, 4) is 0 Å². The van der Waals surface area contributed by atoms with Gasteiger partial charge in [-0.25, -0.2) is 5.43 Å². The van der Waals surface area contributed by atoms with Crippen LogP contribution in [0.1, 0.15) is 61.1 Å². The Labute approximate surface area is 197 Å². The van der Waals surface area contributed by atoms with Crippen molar-refractivity contribution >= 4 is 39.4 Å². The number of hydrogen-bond donors (Lipinski definition) is 3. The number of fused-ring (bicyclic) bond motifs is 1. The van der Waals surface area contributed by atoms with Gasteiger partial charge in [-0.1, -0.05) is 22.0 Å². The molecule has 0 fully saturated rings. The summed E-state index contributed by atoms with van der Waals surface area (Å²) >= 11 is 3.31. The van der Waals surface area contributed by atoms with E-state index < -0.39 is 17.7 Å². The van der Waals surface area contributed by atoms with Crippen molar-refractivity contribution in [2.75, 3.05) is 0 Å². The van der Waals surface area contributed by atoms with Gasteiger partial charge in [0, 0.05) is 33.8 Å². The van der Waals surface area contributed by atoms with Crippen LogP contribution in [-0.4, -0.2) is 28.4 Å². The highest BCUT2D eigenvalue weighted by Crippen LogP contribution is 2.29. The van der Waals surface area contributed by atoms with Crippen LogP contribution in [0, 0.1) is 6.92 Å². The van der Waals surface area contributed by atoms with Crippen LogP contribution in [-0.2, 0) is 6.42 Å². The molecule has 4 rings (SSSR count). The molecule has 0 spiro atoms. The summed E-state index contributed by atoms with van der Waals surface area (Å²) in [5.74, 6) is -0.755. The number of pyridine rings is 1. The minimum atomic E-state index is -0.579. The van der Waals surface area contributed by atoms with E-state index in [9.17, 15) is 14.4 Å². The molecular weight excluding hydrogens is 490 g/mol. The molecule has 0 saturated carbocycles. The molecule has 0 bridgehead atoms. The first-order chi connectivity index (χ1) is 15.9. The number of nitrogens with zero attached hydrogens (tertiary/aromatic N) is 2. The first-order valence-corrected chi connectivity index (χ1v) is 11.0. The van der Waals surface area contributed by atoms with Crippen molar-refractivity contribution in [3.63, 3.8) is 0 Å². The molecule has 1 aliphatic carbocycles. The lowest BCUT2D eigenvalue weighted by Gasteiger charge is -2.13. The average Bonchev–Trinajstić information content (AvgIpc) is 3.19. The largest absolute Gasteiger partial charge is 0.455 e. The maximum Gasteiger partial charge on any atom is 0.305 e. The zero-order valence-corrected chi connectivity index (χ0v) is 19.2. The van der Waals surface area contributed by atoms with E-state index in [1.54, 1.807) is 49.4 Å². The number of hydrazine groups is 1. The fourth-order valence-corrected chi connectivity index (χ4v) is 3.78. The molecule has 1 aromatic carbocycles. The fraction of sp³-hybridized carbons (Fsp3) is 0.174. The molecular formula is C23H20BrN5O4. The molecule has 2 aromatic heterocycles. The van der Waals surface area contributed by atoms with E-state index in [0.717, 1.165) is 10.9 Å². The number of nitrogens with one attached hydrogen (secondary N) is 3. The van der Waals surface area contributed by atoms with Gasteiger partial charge in [-0.3, -0.25) is 30.2 Å². The Hall–Kier alpha value is -3.79. The standard InChI is InChI=1S/C23H20BrN5O4/c1-13-19-16(26-28-22(31)17-5-2-3-12-25-17)6-4-7-18(19)33-20(13)23(32)29-27-21(30)14-8-10-15(24)11-9-14/h2-3,5,8-12H,4,6-7H2,1H3,(H,27,30)(H,28,31)(H,29,32)/b26-16+. The Morgan fingerprint density at radius 1 is 1.00 bits per heavy atom. The molecule has 0 atom stereocenters. The quantitative estimate of drug-likeness (QED) is 0.465. The molecule has 1 aliphatic rings. The van der Waals surface area contributed by atoms with Crippen molar-refractivity contribution < 1.29 is 18.8 Å². The molecule has 2 heterocycles. The van der Waals surface area contributed by atoms with E-state index >= 15 is 0 Å². The number of carbonyl (C=O) groups excluding carboxylic acids is 3. The van der Waals surface area contributed by atoms with Gasteiger partial charge in [-0.05, 0) is 56.2 Å². The van der Waals surface area contributed by atoms with Crippen molar-refractivity contribution in [1.82, 2.24) is 21.3 Å². The summed E-state index contributed by atoms with van der Waals surface area (Å²) in [6.07, 6.45) is 3.56. The van der Waals surface area contributed by atoms with Gasteiger partial charge in [0.05, 0.1) is 5.71 Å². The van der Waals surface area contributed by atoms with Crippen LogP contribution in [0.4, 0.5) is 0 Å². The molecule has 0 saturated heterocycles. The third-order valence-electron chi connectivity index (χ3n) is 5.12. The number of aromatic nitrogens is 1. The molecule has 168 valence electrons. The number of rotatable bonds is 4. The number of hydrogen-bond acceptors (Lipinski definition) is 6. The summed E-state index contributed by atoms with van der Waals surface area (Å²) in [4.78, 5) is 41.2. The lowest BCUT2D eigenvalue weighted by molar-refractivity contribution is 0.0829. The van der Waals surface area contributed by atoms with Gasteiger partial charge in [0.2, 0.25) is 0 Å². The van der Waals surface area contributed by atoms with Gasteiger partial charge >= 0.3 is 5.91 Å². The smallest absolute Gasteiger partial charge is 0.305 e. The molecule has 10 heteroatoms. The first kappa shape index (κ1) is 22.4. The average molecular weight is 510 g/mol. The van der Waals surface area contributed by atoms with E-state index in [4.69, 9.17) is 4.42 Å². The number of amides is 3. The third-order valence-corrected chi connectivity index (χ3v) is 5.65. The Morgan fingerprint density at radius 2 is 1.76 bits per heavy atom. The Bertz CT molecular complexity index is 1240. The normalized spacial score (nSPS) is 13.8. The van der Waals surface area contributed by atoms with Crippen LogP contribution in [0.15, 0.2) is 62.7 Å². The maximum atomic E-state index is 12.7. The summed E-state index contributed by atoms with van der Waals surface area (Å²) in [5.41, 5.74) is 9.86. The van der Waals surface area contributed by atoms with Gasteiger partial charge in [-0.15, -0.1) is 0 Å². The highest BCUT2D eigenvalue weighted by molar-refractivity contribution is 9.10. The van der Waals surface area contributed by atoms with Crippen LogP contribution in [0.3, 0.4) is 0 Å². The second kappa shape index (κ2) is 9.78. The predicted octanol–water partition coefficient (Wildman–Crippen LogP) is 3.29.